The van der Waals surface area contributed by atoms with Gasteiger partial charge in [-0.05, 0) is 12.1 Å². The molecule has 1 nitrogen and oxygen atoms in total. The number of hydrogen-bond donors (Lipinski definition) is 0. The minimum atomic E-state index is 0.459. The van der Waals surface area contributed by atoms with Crippen LogP contribution < -0.4 is 0 Å². The first-order valence-corrected chi connectivity index (χ1v) is 4.61. The van der Waals surface area contributed by atoms with Crippen LogP contribution >= 0.6 is 45.2 Å². The molecule has 0 spiro atoms. The highest BCUT2D eigenvalue weighted by Gasteiger charge is 2.01. The number of rotatable bonds is 1. The summed E-state index contributed by atoms with van der Waals surface area (Å²) < 4.78 is 5.54. The number of alkyl halides is 2. The second-order valence-corrected chi connectivity index (χ2v) is 6.19. The molecule has 0 aliphatic heterocycles. The highest BCUT2D eigenvalue weighted by Crippen LogP contribution is 2.29. The minimum absolute atomic E-state index is 0.459. The molecule has 8 heavy (non-hydrogen) atoms. The summed E-state index contributed by atoms with van der Waals surface area (Å²) in [6.45, 7) is 0. The molecule has 0 aliphatic carbocycles. The predicted molar refractivity (Wildman–Crippen MR) is 49.5 cm³/mol. The molecule has 0 bridgehead atoms. The molecule has 3 heteroatoms. The number of hydrogen-bond acceptors (Lipinski definition) is 1. The van der Waals surface area contributed by atoms with E-state index in [1.165, 1.54) is 0 Å². The van der Waals surface area contributed by atoms with Crippen LogP contribution in [-0.4, -0.2) is 0 Å². The van der Waals surface area contributed by atoms with Crippen LogP contribution in [0.5, 0.6) is 0 Å². The zero-order chi connectivity index (χ0) is 5.98. The lowest BCUT2D eigenvalue weighted by Gasteiger charge is -1.90. The van der Waals surface area contributed by atoms with Crippen molar-refractivity contribution in [3.63, 3.8) is 0 Å². The van der Waals surface area contributed by atoms with Crippen molar-refractivity contribution >= 4 is 45.2 Å². The third-order valence-corrected chi connectivity index (χ3v) is 1.99. The van der Waals surface area contributed by atoms with Crippen LogP contribution in [-0.2, 0) is 0 Å². The lowest BCUT2D eigenvalue weighted by molar-refractivity contribution is 0.533. The third-order valence-electron chi connectivity index (χ3n) is 0.758. The molecule has 0 amide bonds. The van der Waals surface area contributed by atoms with E-state index in [9.17, 15) is 0 Å². The van der Waals surface area contributed by atoms with Gasteiger partial charge < -0.3 is 4.42 Å². The molecule has 0 fully saturated rings. The van der Waals surface area contributed by atoms with Crippen molar-refractivity contribution in [2.24, 2.45) is 0 Å². The zero-order valence-electron chi connectivity index (χ0n) is 3.97. The van der Waals surface area contributed by atoms with Gasteiger partial charge in [-0.15, -0.1) is 0 Å². The Labute approximate surface area is 75.1 Å². The van der Waals surface area contributed by atoms with E-state index in [1.54, 1.807) is 6.26 Å². The topological polar surface area (TPSA) is 13.1 Å². The summed E-state index contributed by atoms with van der Waals surface area (Å²) in [5.41, 5.74) is 0. The Morgan fingerprint density at radius 3 is 2.50 bits per heavy atom. The predicted octanol–water partition coefficient (Wildman–Crippen LogP) is 3.15. The fourth-order valence-electron chi connectivity index (χ4n) is 0.415. The summed E-state index contributed by atoms with van der Waals surface area (Å²) in [6.07, 6.45) is 1.69. The average Bonchev–Trinajstić information content (AvgIpc) is 2.12. The van der Waals surface area contributed by atoms with Crippen molar-refractivity contribution in [1.29, 1.82) is 0 Å². The lowest BCUT2D eigenvalue weighted by atomic mass is 10.5. The van der Waals surface area contributed by atoms with Crippen molar-refractivity contribution in [1.82, 2.24) is 0 Å². The Kier molecular flexibility index (Phi) is 2.61. The second-order valence-electron chi connectivity index (χ2n) is 1.32. The van der Waals surface area contributed by atoms with Gasteiger partial charge >= 0.3 is 0 Å². The summed E-state index contributed by atoms with van der Waals surface area (Å²) in [5.74, 6) is 1.03. The Bertz CT molecular complexity index is 145. The van der Waals surface area contributed by atoms with Crippen molar-refractivity contribution in [2.45, 2.75) is 1.93 Å². The van der Waals surface area contributed by atoms with Crippen molar-refractivity contribution in [2.75, 3.05) is 0 Å². The molecule has 0 aliphatic rings. The smallest absolute Gasteiger partial charge is 0.126 e. The molecule has 1 heterocycles. The van der Waals surface area contributed by atoms with E-state index in [-0.39, 0.29) is 0 Å². The Morgan fingerprint density at radius 2 is 2.25 bits per heavy atom. The van der Waals surface area contributed by atoms with Gasteiger partial charge in [0.05, 0.1) is 6.26 Å². The third kappa shape index (κ3) is 1.61. The molecular formula is C5H4I2O. The maximum atomic E-state index is 5.08. The van der Waals surface area contributed by atoms with Gasteiger partial charge in [-0.25, -0.2) is 0 Å². The van der Waals surface area contributed by atoms with Crippen molar-refractivity contribution < 1.29 is 4.42 Å². The summed E-state index contributed by atoms with van der Waals surface area (Å²) in [7, 11) is 0. The van der Waals surface area contributed by atoms with Gasteiger partial charge in [-0.2, -0.15) is 0 Å². The van der Waals surface area contributed by atoms with E-state index in [0.717, 1.165) is 5.76 Å². The minimum Gasteiger partial charge on any atom is -0.467 e. The first kappa shape index (κ1) is 6.85. The zero-order valence-corrected chi connectivity index (χ0v) is 8.29. The SMILES string of the molecule is IC(I)c1ccco1. The molecule has 44 valence electrons. The number of furan rings is 1. The molecule has 0 unspecified atom stereocenters. The van der Waals surface area contributed by atoms with E-state index in [1.807, 2.05) is 12.1 Å². The fourth-order valence-corrected chi connectivity index (χ4v) is 1.12. The van der Waals surface area contributed by atoms with Crippen molar-refractivity contribution in [3.05, 3.63) is 24.2 Å². The van der Waals surface area contributed by atoms with E-state index < -0.39 is 0 Å². The van der Waals surface area contributed by atoms with Crippen LogP contribution in [0.25, 0.3) is 0 Å². The van der Waals surface area contributed by atoms with Gasteiger partial charge in [0.1, 0.15) is 7.69 Å². The van der Waals surface area contributed by atoms with Gasteiger partial charge in [-0.3, -0.25) is 0 Å². The van der Waals surface area contributed by atoms with Crippen LogP contribution in [0.4, 0.5) is 0 Å². The van der Waals surface area contributed by atoms with Crippen LogP contribution in [0.3, 0.4) is 0 Å². The van der Waals surface area contributed by atoms with Crippen LogP contribution in [0.2, 0.25) is 0 Å². The average molecular weight is 334 g/mol. The molecule has 0 saturated carbocycles. The van der Waals surface area contributed by atoms with E-state index in [4.69, 9.17) is 4.42 Å². The van der Waals surface area contributed by atoms with E-state index in [2.05, 4.69) is 45.2 Å². The Morgan fingerprint density at radius 1 is 1.50 bits per heavy atom. The van der Waals surface area contributed by atoms with Gasteiger partial charge in [0.25, 0.3) is 0 Å². The quantitative estimate of drug-likeness (QED) is 0.568. The molecular weight excluding hydrogens is 330 g/mol. The highest BCUT2D eigenvalue weighted by molar-refractivity contribution is 14.2. The molecule has 0 atom stereocenters. The summed E-state index contributed by atoms with van der Waals surface area (Å²) in [6, 6.07) is 3.88. The first-order chi connectivity index (χ1) is 3.80. The largest absolute Gasteiger partial charge is 0.467 e. The standard InChI is InChI=1S/C5H4I2O/c6-5(7)4-2-1-3-8-4/h1-3,5H. The monoisotopic (exact) mass is 334 g/mol. The van der Waals surface area contributed by atoms with Crippen LogP contribution in [0.15, 0.2) is 22.8 Å². The van der Waals surface area contributed by atoms with Gasteiger partial charge in [0, 0.05) is 0 Å². The molecule has 1 aromatic rings. The van der Waals surface area contributed by atoms with E-state index in [0.29, 0.717) is 1.93 Å². The molecule has 0 saturated heterocycles. The molecule has 0 aromatic carbocycles. The van der Waals surface area contributed by atoms with Gasteiger partial charge in [-0.1, -0.05) is 45.2 Å². The Balaban J connectivity index is 2.77. The second kappa shape index (κ2) is 3.05. The first-order valence-electron chi connectivity index (χ1n) is 2.12. The Hall–Kier alpha value is 0.740. The van der Waals surface area contributed by atoms with Crippen LogP contribution in [0, 0.1) is 0 Å². The normalized spacial score (nSPS) is 10.4. The highest BCUT2D eigenvalue weighted by atomic mass is 127. The van der Waals surface area contributed by atoms with E-state index >= 15 is 0 Å². The summed E-state index contributed by atoms with van der Waals surface area (Å²) in [4.78, 5) is 0. The van der Waals surface area contributed by atoms with Crippen LogP contribution in [0.1, 0.15) is 7.69 Å². The summed E-state index contributed by atoms with van der Waals surface area (Å²) in [5, 5.41) is 0. The maximum Gasteiger partial charge on any atom is 0.126 e. The fraction of sp³-hybridized carbons (Fsp3) is 0.200. The summed E-state index contributed by atoms with van der Waals surface area (Å²) >= 11 is 4.60. The molecule has 1 aromatic heterocycles. The molecule has 1 rings (SSSR count). The van der Waals surface area contributed by atoms with Gasteiger partial charge in [0.15, 0.2) is 0 Å². The maximum absolute atomic E-state index is 5.08. The molecule has 0 N–H and O–H groups in total. The molecule has 0 radical (unpaired) electrons. The van der Waals surface area contributed by atoms with Gasteiger partial charge in [0.2, 0.25) is 0 Å². The number of halogens is 2. The van der Waals surface area contributed by atoms with Crippen molar-refractivity contribution in [3.8, 4) is 0 Å². The lowest BCUT2D eigenvalue weighted by Crippen LogP contribution is -1.68.